The van der Waals surface area contributed by atoms with Gasteiger partial charge in [-0.2, -0.15) is 17.7 Å². The third-order valence-corrected chi connectivity index (χ3v) is 7.43. The Labute approximate surface area is 205 Å². The summed E-state index contributed by atoms with van der Waals surface area (Å²) < 4.78 is 40.8. The molecule has 36 heavy (non-hydrogen) atoms. The molecule has 188 valence electrons. The molecule has 2 heterocycles. The summed E-state index contributed by atoms with van der Waals surface area (Å²) in [5, 5.41) is 0. The quantitative estimate of drug-likeness (QED) is 0.521. The second-order valence-corrected chi connectivity index (χ2v) is 9.82. The zero-order valence-corrected chi connectivity index (χ0v) is 19.8. The number of aromatic nitrogens is 2. The SMILES string of the molecule is Cc1cn(CCCN2CC3C[C@]3(c3ccc(C(F)(F)F)cc3)C2)c(=O)n(C(=O)c2ccccc2)c1=O. The number of hydrogen-bond acceptors (Lipinski definition) is 4. The molecule has 5 rings (SSSR count). The van der Waals surface area contributed by atoms with Gasteiger partial charge in [0.15, 0.2) is 0 Å². The number of carbonyl (C=O) groups excluding carboxylic acids is 1. The van der Waals surface area contributed by atoms with Crippen molar-refractivity contribution in [3.8, 4) is 0 Å². The molecule has 2 aromatic carbocycles. The largest absolute Gasteiger partial charge is 0.416 e. The lowest BCUT2D eigenvalue weighted by molar-refractivity contribution is -0.137. The fourth-order valence-corrected chi connectivity index (χ4v) is 5.44. The van der Waals surface area contributed by atoms with Crippen molar-refractivity contribution in [1.29, 1.82) is 0 Å². The van der Waals surface area contributed by atoms with Crippen LogP contribution in [0.15, 0.2) is 70.4 Å². The highest BCUT2D eigenvalue weighted by Crippen LogP contribution is 2.59. The Morgan fingerprint density at radius 1 is 1.03 bits per heavy atom. The molecule has 0 spiro atoms. The summed E-state index contributed by atoms with van der Waals surface area (Å²) in [7, 11) is 0. The molecule has 0 radical (unpaired) electrons. The number of likely N-dealkylation sites (tertiary alicyclic amines) is 1. The molecule has 0 bridgehead atoms. The van der Waals surface area contributed by atoms with Crippen molar-refractivity contribution in [2.75, 3.05) is 19.6 Å². The van der Waals surface area contributed by atoms with Crippen molar-refractivity contribution in [2.24, 2.45) is 5.92 Å². The Bertz CT molecular complexity index is 1410. The van der Waals surface area contributed by atoms with Gasteiger partial charge in [0.25, 0.3) is 11.5 Å². The van der Waals surface area contributed by atoms with Crippen molar-refractivity contribution in [3.05, 3.63) is 104 Å². The lowest BCUT2D eigenvalue weighted by atomic mass is 9.94. The zero-order chi connectivity index (χ0) is 25.7. The average Bonchev–Trinajstić information content (AvgIpc) is 3.43. The second kappa shape index (κ2) is 8.89. The highest BCUT2D eigenvalue weighted by Gasteiger charge is 2.60. The highest BCUT2D eigenvalue weighted by atomic mass is 19.4. The smallest absolute Gasteiger partial charge is 0.302 e. The maximum atomic E-state index is 13.0. The zero-order valence-electron chi connectivity index (χ0n) is 19.8. The van der Waals surface area contributed by atoms with Crippen LogP contribution in [0.5, 0.6) is 0 Å². The fourth-order valence-electron chi connectivity index (χ4n) is 5.44. The van der Waals surface area contributed by atoms with Gasteiger partial charge >= 0.3 is 11.9 Å². The summed E-state index contributed by atoms with van der Waals surface area (Å²) in [5.41, 5.74) is -0.495. The van der Waals surface area contributed by atoms with Gasteiger partial charge < -0.3 is 4.90 Å². The van der Waals surface area contributed by atoms with E-state index in [1.165, 1.54) is 10.8 Å². The van der Waals surface area contributed by atoms with Crippen LogP contribution in [0.2, 0.25) is 0 Å². The van der Waals surface area contributed by atoms with Crippen molar-refractivity contribution in [3.63, 3.8) is 0 Å². The standard InChI is InChI=1S/C27H26F3N3O3/c1-18-15-32(25(36)33(23(18)34)24(35)19-6-3-2-4-7-19)13-5-12-31-16-22-14-26(22,17-31)20-8-10-21(11-9-20)27(28,29)30/h2-4,6-11,15,22H,5,12-14,16-17H2,1H3/t22?,26-/m1/s1. The Morgan fingerprint density at radius 3 is 2.39 bits per heavy atom. The number of nitrogens with zero attached hydrogens (tertiary/aromatic N) is 3. The number of fused-ring (bicyclic) bond motifs is 1. The van der Waals surface area contributed by atoms with E-state index in [0.717, 1.165) is 37.2 Å². The lowest BCUT2D eigenvalue weighted by Gasteiger charge is -2.21. The van der Waals surface area contributed by atoms with E-state index in [9.17, 15) is 27.6 Å². The first-order valence-electron chi connectivity index (χ1n) is 11.9. The Balaban J connectivity index is 1.25. The van der Waals surface area contributed by atoms with Crippen molar-refractivity contribution < 1.29 is 18.0 Å². The monoisotopic (exact) mass is 497 g/mol. The lowest BCUT2D eigenvalue weighted by Crippen LogP contribution is -2.44. The number of carbonyl (C=O) groups is 1. The van der Waals surface area contributed by atoms with Gasteiger partial charge in [0, 0.05) is 42.4 Å². The van der Waals surface area contributed by atoms with Gasteiger partial charge in [-0.1, -0.05) is 30.3 Å². The molecule has 1 aliphatic heterocycles. The van der Waals surface area contributed by atoms with Crippen molar-refractivity contribution in [2.45, 2.75) is 37.9 Å². The van der Waals surface area contributed by atoms with E-state index in [2.05, 4.69) is 4.90 Å². The van der Waals surface area contributed by atoms with Crippen LogP contribution in [0.3, 0.4) is 0 Å². The minimum atomic E-state index is -4.34. The molecular formula is C27H26F3N3O3. The maximum absolute atomic E-state index is 13.0. The molecule has 1 aromatic heterocycles. The molecule has 2 atom stereocenters. The molecule has 9 heteroatoms. The summed E-state index contributed by atoms with van der Waals surface area (Å²) in [6.07, 6.45) is -1.25. The van der Waals surface area contributed by atoms with Crippen LogP contribution in [0.1, 0.15) is 39.9 Å². The van der Waals surface area contributed by atoms with E-state index < -0.39 is 28.9 Å². The summed E-state index contributed by atoms with van der Waals surface area (Å²) >= 11 is 0. The van der Waals surface area contributed by atoms with Gasteiger partial charge in [0.1, 0.15) is 0 Å². The van der Waals surface area contributed by atoms with Crippen LogP contribution < -0.4 is 11.2 Å². The van der Waals surface area contributed by atoms with Crippen LogP contribution in [-0.4, -0.2) is 39.6 Å². The molecule has 1 saturated carbocycles. The van der Waals surface area contributed by atoms with E-state index >= 15 is 0 Å². The number of alkyl halides is 3. The molecule has 1 saturated heterocycles. The van der Waals surface area contributed by atoms with Gasteiger partial charge in [-0.25, -0.2) is 4.79 Å². The van der Waals surface area contributed by atoms with Crippen molar-refractivity contribution >= 4 is 5.91 Å². The summed E-state index contributed by atoms with van der Waals surface area (Å²) in [6.45, 7) is 4.26. The maximum Gasteiger partial charge on any atom is 0.416 e. The van der Waals surface area contributed by atoms with Gasteiger partial charge in [0.05, 0.1) is 5.56 Å². The predicted molar refractivity (Wildman–Crippen MR) is 128 cm³/mol. The fraction of sp³-hybridized carbons (Fsp3) is 0.370. The summed E-state index contributed by atoms with van der Waals surface area (Å²) in [4.78, 5) is 40.7. The molecule has 6 nitrogen and oxygen atoms in total. The molecule has 2 fully saturated rings. The Hall–Kier alpha value is -3.46. The number of piperidine rings is 1. The molecule has 2 aliphatic rings. The van der Waals surface area contributed by atoms with Gasteiger partial charge in [-0.3, -0.25) is 14.2 Å². The topological polar surface area (TPSA) is 64.3 Å². The molecule has 0 N–H and O–H groups in total. The number of aryl methyl sites for hydroxylation is 2. The Morgan fingerprint density at radius 2 is 1.72 bits per heavy atom. The third-order valence-electron chi connectivity index (χ3n) is 7.43. The van der Waals surface area contributed by atoms with Gasteiger partial charge in [-0.15, -0.1) is 0 Å². The van der Waals surface area contributed by atoms with E-state index in [0.29, 0.717) is 35.6 Å². The van der Waals surface area contributed by atoms with Crippen LogP contribution in [0.4, 0.5) is 13.2 Å². The van der Waals surface area contributed by atoms with Crippen LogP contribution in [0, 0.1) is 12.8 Å². The first-order chi connectivity index (χ1) is 17.1. The Kier molecular flexibility index (Phi) is 5.98. The van der Waals surface area contributed by atoms with Crippen molar-refractivity contribution in [1.82, 2.24) is 14.0 Å². The van der Waals surface area contributed by atoms with Gasteiger partial charge in [0.2, 0.25) is 0 Å². The molecular weight excluding hydrogens is 471 g/mol. The highest BCUT2D eigenvalue weighted by molar-refractivity contribution is 5.95. The first-order valence-corrected chi connectivity index (χ1v) is 11.9. The number of benzene rings is 2. The molecule has 0 amide bonds. The van der Waals surface area contributed by atoms with Crippen LogP contribution >= 0.6 is 0 Å². The van der Waals surface area contributed by atoms with E-state index in [1.54, 1.807) is 49.4 Å². The summed E-state index contributed by atoms with van der Waals surface area (Å²) in [6, 6.07) is 13.7. The molecule has 1 unspecified atom stereocenters. The number of hydrogen-bond donors (Lipinski definition) is 0. The second-order valence-electron chi connectivity index (χ2n) is 9.82. The number of halogens is 3. The third kappa shape index (κ3) is 4.32. The van der Waals surface area contributed by atoms with Crippen LogP contribution in [-0.2, 0) is 18.1 Å². The normalized spacial score (nSPS) is 21.4. The average molecular weight is 498 g/mol. The number of rotatable bonds is 6. The van der Waals surface area contributed by atoms with E-state index in [1.807, 2.05) is 0 Å². The van der Waals surface area contributed by atoms with Gasteiger partial charge in [-0.05, 0) is 62.1 Å². The minimum absolute atomic E-state index is 0.0904. The minimum Gasteiger partial charge on any atom is -0.302 e. The van der Waals surface area contributed by atoms with E-state index in [4.69, 9.17) is 0 Å². The predicted octanol–water partition coefficient (Wildman–Crippen LogP) is 3.69. The van der Waals surface area contributed by atoms with Crippen LogP contribution in [0.25, 0.3) is 0 Å². The summed E-state index contributed by atoms with van der Waals surface area (Å²) in [5.74, 6) is -0.231. The first kappa shape index (κ1) is 24.2. The van der Waals surface area contributed by atoms with E-state index in [-0.39, 0.29) is 11.0 Å². The molecule has 3 aromatic rings. The molecule has 1 aliphatic carbocycles.